The van der Waals surface area contributed by atoms with Gasteiger partial charge in [0.2, 0.25) is 5.95 Å². The predicted molar refractivity (Wildman–Crippen MR) is 101 cm³/mol. The summed E-state index contributed by atoms with van der Waals surface area (Å²) in [4.78, 5) is 18.9. The monoisotopic (exact) mass is 362 g/mol. The zero-order valence-corrected chi connectivity index (χ0v) is 14.9. The minimum atomic E-state index is -0.286. The fraction of sp³-hybridized carbons (Fsp3) is 0.167. The number of fused-ring (bicyclic) bond motifs is 1. The lowest BCUT2D eigenvalue weighted by atomic mass is 10.1. The van der Waals surface area contributed by atoms with Gasteiger partial charge in [0.25, 0.3) is 11.9 Å². The number of imidazole rings is 1. The van der Waals surface area contributed by atoms with Crippen molar-refractivity contribution in [3.05, 3.63) is 59.7 Å². The van der Waals surface area contributed by atoms with Gasteiger partial charge in [-0.3, -0.25) is 10.1 Å². The van der Waals surface area contributed by atoms with E-state index < -0.39 is 0 Å². The van der Waals surface area contributed by atoms with Crippen LogP contribution in [0.25, 0.3) is 11.0 Å². The molecule has 136 valence electrons. The number of hydrogen-bond acceptors (Lipinski definition) is 6. The highest BCUT2D eigenvalue weighted by atomic mass is 16.1. The van der Waals surface area contributed by atoms with Crippen LogP contribution in [0.2, 0.25) is 0 Å². The van der Waals surface area contributed by atoms with Crippen molar-refractivity contribution in [2.24, 2.45) is 7.05 Å². The number of para-hydroxylation sites is 2. The van der Waals surface area contributed by atoms with Crippen molar-refractivity contribution >= 4 is 28.8 Å². The molecule has 9 nitrogen and oxygen atoms in total. The van der Waals surface area contributed by atoms with Crippen molar-refractivity contribution in [2.75, 3.05) is 17.3 Å². The third-order valence-electron chi connectivity index (χ3n) is 4.31. The summed E-state index contributed by atoms with van der Waals surface area (Å²) in [5.74, 6) is 0.743. The highest BCUT2D eigenvalue weighted by Gasteiger charge is 2.13. The quantitative estimate of drug-likeness (QED) is 0.562. The van der Waals surface area contributed by atoms with Gasteiger partial charge < -0.3 is 9.47 Å². The van der Waals surface area contributed by atoms with Crippen LogP contribution in [0.15, 0.2) is 48.5 Å². The topological polar surface area (TPSA) is 105 Å². The summed E-state index contributed by atoms with van der Waals surface area (Å²) in [6.07, 6.45) is 0. The van der Waals surface area contributed by atoms with Gasteiger partial charge in [0.15, 0.2) is 0 Å². The minimum absolute atomic E-state index is 0.144. The number of anilines is 2. The van der Waals surface area contributed by atoms with Gasteiger partial charge in [-0.15, -0.1) is 5.10 Å². The van der Waals surface area contributed by atoms with Gasteiger partial charge in [-0.1, -0.05) is 29.4 Å². The van der Waals surface area contributed by atoms with Gasteiger partial charge in [0.05, 0.1) is 11.0 Å². The normalized spacial score (nSPS) is 10.9. The number of aromatic amines is 1. The summed E-state index contributed by atoms with van der Waals surface area (Å²) in [7, 11) is 4.00. The van der Waals surface area contributed by atoms with Crippen LogP contribution in [0, 0.1) is 0 Å². The van der Waals surface area contributed by atoms with Crippen LogP contribution in [0.3, 0.4) is 0 Å². The predicted octanol–water partition coefficient (Wildman–Crippen LogP) is 1.98. The molecule has 0 aliphatic carbocycles. The Hall–Kier alpha value is -3.75. The number of hydrogen-bond donors (Lipinski definition) is 2. The maximum absolute atomic E-state index is 12.2. The molecule has 9 heteroatoms. The fourth-order valence-corrected chi connectivity index (χ4v) is 2.97. The molecule has 0 bridgehead atoms. The third-order valence-corrected chi connectivity index (χ3v) is 4.31. The van der Waals surface area contributed by atoms with Crippen LogP contribution >= 0.6 is 0 Å². The first-order valence-corrected chi connectivity index (χ1v) is 8.38. The molecular formula is C18H18N8O. The van der Waals surface area contributed by atoms with Crippen molar-refractivity contribution in [3.8, 4) is 0 Å². The SMILES string of the molecule is CN(Cc1ccc(C(=O)Nc2nn[nH]n2)cc1)c1nc2ccccc2n1C. The van der Waals surface area contributed by atoms with Gasteiger partial charge in [0, 0.05) is 26.2 Å². The van der Waals surface area contributed by atoms with Crippen LogP contribution in [-0.2, 0) is 13.6 Å². The van der Waals surface area contributed by atoms with Crippen LogP contribution < -0.4 is 10.2 Å². The van der Waals surface area contributed by atoms with Crippen molar-refractivity contribution in [1.82, 2.24) is 30.2 Å². The number of aryl methyl sites for hydroxylation is 1. The maximum Gasteiger partial charge on any atom is 0.270 e. The van der Waals surface area contributed by atoms with Gasteiger partial charge in [-0.05, 0) is 35.0 Å². The summed E-state index contributed by atoms with van der Waals surface area (Å²) in [6.45, 7) is 0.671. The van der Waals surface area contributed by atoms with E-state index in [1.165, 1.54) is 0 Å². The molecule has 2 N–H and O–H groups in total. The van der Waals surface area contributed by atoms with Crippen molar-refractivity contribution in [1.29, 1.82) is 0 Å². The molecule has 0 saturated carbocycles. The molecule has 0 unspecified atom stereocenters. The Labute approximate surface area is 155 Å². The lowest BCUT2D eigenvalue weighted by Crippen LogP contribution is -2.20. The summed E-state index contributed by atoms with van der Waals surface area (Å²) >= 11 is 0. The summed E-state index contributed by atoms with van der Waals surface area (Å²) in [5, 5.41) is 15.7. The molecule has 0 saturated heterocycles. The molecule has 0 aliphatic heterocycles. The van der Waals surface area contributed by atoms with E-state index in [9.17, 15) is 4.79 Å². The van der Waals surface area contributed by atoms with E-state index >= 15 is 0 Å². The number of amides is 1. The second-order valence-corrected chi connectivity index (χ2v) is 6.20. The molecule has 2 aromatic carbocycles. The number of rotatable bonds is 5. The molecule has 4 rings (SSSR count). The molecule has 2 aromatic heterocycles. The molecule has 0 aliphatic rings. The number of aromatic nitrogens is 6. The highest BCUT2D eigenvalue weighted by molar-refractivity contribution is 6.03. The van der Waals surface area contributed by atoms with E-state index in [-0.39, 0.29) is 11.9 Å². The Kier molecular flexibility index (Phi) is 4.25. The second kappa shape index (κ2) is 6.87. The van der Waals surface area contributed by atoms with Crippen LogP contribution in [0.5, 0.6) is 0 Å². The average Bonchev–Trinajstić information content (AvgIpc) is 3.30. The Morgan fingerprint density at radius 1 is 1.19 bits per heavy atom. The zero-order chi connectivity index (χ0) is 18.8. The first-order valence-electron chi connectivity index (χ1n) is 8.38. The number of tetrazole rings is 1. The lowest BCUT2D eigenvalue weighted by Gasteiger charge is -2.18. The Balaban J connectivity index is 1.47. The number of H-pyrrole nitrogens is 1. The fourth-order valence-electron chi connectivity index (χ4n) is 2.97. The molecule has 0 atom stereocenters. The van der Waals surface area contributed by atoms with E-state index in [1.54, 1.807) is 12.1 Å². The summed E-state index contributed by atoms with van der Waals surface area (Å²) in [6, 6.07) is 15.4. The molecule has 0 fully saturated rings. The number of carbonyl (C=O) groups is 1. The molecular weight excluding hydrogens is 344 g/mol. The molecule has 2 heterocycles. The summed E-state index contributed by atoms with van der Waals surface area (Å²) in [5.41, 5.74) is 3.65. The van der Waals surface area contributed by atoms with E-state index in [4.69, 9.17) is 4.98 Å². The van der Waals surface area contributed by atoms with Crippen molar-refractivity contribution in [2.45, 2.75) is 6.54 Å². The van der Waals surface area contributed by atoms with E-state index in [1.807, 2.05) is 44.4 Å². The second-order valence-electron chi connectivity index (χ2n) is 6.20. The summed E-state index contributed by atoms with van der Waals surface area (Å²) < 4.78 is 2.07. The third kappa shape index (κ3) is 3.34. The number of nitrogens with one attached hydrogen (secondary N) is 2. The molecule has 4 aromatic rings. The maximum atomic E-state index is 12.2. The van der Waals surface area contributed by atoms with E-state index in [0.717, 1.165) is 22.5 Å². The van der Waals surface area contributed by atoms with Gasteiger partial charge >= 0.3 is 0 Å². The van der Waals surface area contributed by atoms with Gasteiger partial charge in [-0.2, -0.15) is 5.21 Å². The largest absolute Gasteiger partial charge is 0.341 e. The molecule has 27 heavy (non-hydrogen) atoms. The van der Waals surface area contributed by atoms with Crippen molar-refractivity contribution < 1.29 is 4.79 Å². The number of nitrogens with zero attached hydrogens (tertiary/aromatic N) is 6. The standard InChI is InChI=1S/C18H18N8O/c1-25(18-19-14-5-3-4-6-15(14)26(18)2)11-12-7-9-13(10-8-12)16(27)20-17-21-23-24-22-17/h3-10H,11H2,1-2H3,(H2,20,21,22,23,24,27). The Bertz CT molecular complexity index is 1070. The lowest BCUT2D eigenvalue weighted by molar-refractivity contribution is 0.102. The van der Waals surface area contributed by atoms with Gasteiger partial charge in [0.1, 0.15) is 0 Å². The molecule has 1 amide bonds. The smallest absolute Gasteiger partial charge is 0.270 e. The Morgan fingerprint density at radius 2 is 1.96 bits per heavy atom. The zero-order valence-electron chi connectivity index (χ0n) is 14.9. The number of benzene rings is 2. The van der Waals surface area contributed by atoms with Gasteiger partial charge in [-0.25, -0.2) is 4.98 Å². The average molecular weight is 362 g/mol. The molecule has 0 spiro atoms. The van der Waals surface area contributed by atoms with E-state index in [0.29, 0.717) is 12.1 Å². The Morgan fingerprint density at radius 3 is 2.67 bits per heavy atom. The highest BCUT2D eigenvalue weighted by Crippen LogP contribution is 2.21. The van der Waals surface area contributed by atoms with E-state index in [2.05, 4.69) is 41.5 Å². The van der Waals surface area contributed by atoms with Crippen molar-refractivity contribution in [3.63, 3.8) is 0 Å². The van der Waals surface area contributed by atoms with Crippen LogP contribution in [-0.4, -0.2) is 43.1 Å². The van der Waals surface area contributed by atoms with Crippen LogP contribution in [0.4, 0.5) is 11.9 Å². The first-order chi connectivity index (χ1) is 13.1. The molecule has 0 radical (unpaired) electrons. The first kappa shape index (κ1) is 16.7. The number of carbonyl (C=O) groups excluding carboxylic acids is 1. The minimum Gasteiger partial charge on any atom is -0.341 e. The van der Waals surface area contributed by atoms with Crippen LogP contribution in [0.1, 0.15) is 15.9 Å².